The minimum atomic E-state index is 0.231. The van der Waals surface area contributed by atoms with Gasteiger partial charge in [-0.3, -0.25) is 9.36 Å². The molecule has 0 radical (unpaired) electrons. The van der Waals surface area contributed by atoms with Crippen LogP contribution >= 0.6 is 11.8 Å². The second kappa shape index (κ2) is 12.6. The summed E-state index contributed by atoms with van der Waals surface area (Å²) < 4.78 is 7.39. The van der Waals surface area contributed by atoms with E-state index in [1.165, 1.54) is 11.3 Å². The third-order valence-electron chi connectivity index (χ3n) is 6.76. The first-order valence-corrected chi connectivity index (χ1v) is 14.0. The molecule has 0 atom stereocenters. The summed E-state index contributed by atoms with van der Waals surface area (Å²) in [4.78, 5) is 17.2. The number of hydrogen-bond acceptors (Lipinski definition) is 6. The number of aromatic nitrogens is 3. The number of rotatable bonds is 10. The van der Waals surface area contributed by atoms with E-state index in [9.17, 15) is 4.79 Å². The van der Waals surface area contributed by atoms with Crippen molar-refractivity contribution in [3.63, 3.8) is 0 Å². The van der Waals surface area contributed by atoms with Crippen LogP contribution in [0.25, 0.3) is 5.69 Å². The van der Waals surface area contributed by atoms with Gasteiger partial charge in [-0.15, -0.1) is 10.2 Å². The fourth-order valence-corrected chi connectivity index (χ4v) is 5.58. The Morgan fingerprint density at radius 2 is 1.53 bits per heavy atom. The SMILES string of the molecule is COc1ccc(N2CCN(C(=O)CCCSc3nnc(Cc4ccccc4)n3-c3ccccc3)CC2)cc1. The predicted molar refractivity (Wildman–Crippen MR) is 152 cm³/mol. The summed E-state index contributed by atoms with van der Waals surface area (Å²) in [7, 11) is 1.68. The van der Waals surface area contributed by atoms with Gasteiger partial charge in [0.25, 0.3) is 0 Å². The zero-order valence-electron chi connectivity index (χ0n) is 21.7. The quantitative estimate of drug-likeness (QED) is 0.212. The summed E-state index contributed by atoms with van der Waals surface area (Å²) in [6, 6.07) is 28.7. The zero-order chi connectivity index (χ0) is 26.2. The smallest absolute Gasteiger partial charge is 0.222 e. The molecule has 0 aliphatic carbocycles. The zero-order valence-corrected chi connectivity index (χ0v) is 22.5. The molecule has 8 heteroatoms. The van der Waals surface area contributed by atoms with Crippen molar-refractivity contribution in [1.29, 1.82) is 0 Å². The average Bonchev–Trinajstić information content (AvgIpc) is 3.38. The van der Waals surface area contributed by atoms with Gasteiger partial charge in [0.2, 0.25) is 5.91 Å². The summed E-state index contributed by atoms with van der Waals surface area (Å²) in [5.41, 5.74) is 3.42. The minimum absolute atomic E-state index is 0.231. The van der Waals surface area contributed by atoms with Crippen molar-refractivity contribution in [3.05, 3.63) is 96.3 Å². The maximum absolute atomic E-state index is 12.9. The largest absolute Gasteiger partial charge is 0.497 e. The molecule has 2 heterocycles. The van der Waals surface area contributed by atoms with E-state index in [1.807, 2.05) is 53.4 Å². The normalized spacial score (nSPS) is 13.5. The van der Waals surface area contributed by atoms with E-state index in [0.717, 1.165) is 60.8 Å². The van der Waals surface area contributed by atoms with E-state index in [-0.39, 0.29) is 5.91 Å². The lowest BCUT2D eigenvalue weighted by Gasteiger charge is -2.36. The molecule has 1 aliphatic rings. The van der Waals surface area contributed by atoms with Gasteiger partial charge in [-0.2, -0.15) is 0 Å². The van der Waals surface area contributed by atoms with E-state index in [1.54, 1.807) is 18.9 Å². The third kappa shape index (κ3) is 6.37. The molecule has 1 fully saturated rings. The van der Waals surface area contributed by atoms with Crippen LogP contribution in [0.4, 0.5) is 5.69 Å². The van der Waals surface area contributed by atoms with E-state index < -0.39 is 0 Å². The molecule has 0 spiro atoms. The van der Waals surface area contributed by atoms with Crippen LogP contribution in [-0.4, -0.2) is 64.6 Å². The van der Waals surface area contributed by atoms with Crippen LogP contribution in [0.2, 0.25) is 0 Å². The first-order valence-electron chi connectivity index (χ1n) is 13.0. The van der Waals surface area contributed by atoms with Gasteiger partial charge in [0.15, 0.2) is 5.16 Å². The fraction of sp³-hybridized carbons (Fsp3) is 0.300. The molecule has 38 heavy (non-hydrogen) atoms. The van der Waals surface area contributed by atoms with Crippen molar-refractivity contribution >= 4 is 23.4 Å². The summed E-state index contributed by atoms with van der Waals surface area (Å²) in [6.45, 7) is 3.20. The van der Waals surface area contributed by atoms with Gasteiger partial charge < -0.3 is 14.5 Å². The van der Waals surface area contributed by atoms with Crippen molar-refractivity contribution < 1.29 is 9.53 Å². The molecule has 0 unspecified atom stereocenters. The van der Waals surface area contributed by atoms with Crippen LogP contribution in [0.5, 0.6) is 5.75 Å². The van der Waals surface area contributed by atoms with Gasteiger partial charge in [-0.1, -0.05) is 60.3 Å². The molecule has 1 aliphatic heterocycles. The number of ether oxygens (including phenoxy) is 1. The maximum Gasteiger partial charge on any atom is 0.222 e. The molecular formula is C30H33N5O2S. The first kappa shape index (κ1) is 25.9. The van der Waals surface area contributed by atoms with E-state index >= 15 is 0 Å². The molecule has 1 aromatic heterocycles. The number of carbonyl (C=O) groups excluding carboxylic acids is 1. The maximum atomic E-state index is 12.9. The minimum Gasteiger partial charge on any atom is -0.497 e. The Kier molecular flexibility index (Phi) is 8.60. The van der Waals surface area contributed by atoms with Crippen molar-refractivity contribution in [2.45, 2.75) is 24.4 Å². The average molecular weight is 528 g/mol. The molecule has 3 aromatic carbocycles. The molecule has 1 amide bonds. The molecule has 0 saturated carbocycles. The van der Waals surface area contributed by atoms with Crippen molar-refractivity contribution in [3.8, 4) is 11.4 Å². The highest BCUT2D eigenvalue weighted by molar-refractivity contribution is 7.99. The topological polar surface area (TPSA) is 63.5 Å². The molecule has 7 nitrogen and oxygen atoms in total. The van der Waals surface area contributed by atoms with Gasteiger partial charge in [-0.05, 0) is 48.4 Å². The monoisotopic (exact) mass is 527 g/mol. The molecule has 0 N–H and O–H groups in total. The predicted octanol–water partition coefficient (Wildman–Crippen LogP) is 5.09. The molecule has 4 aromatic rings. The number of amides is 1. The second-order valence-corrected chi connectivity index (χ2v) is 10.3. The van der Waals surface area contributed by atoms with Gasteiger partial charge in [-0.25, -0.2) is 0 Å². The van der Waals surface area contributed by atoms with Gasteiger partial charge >= 0.3 is 0 Å². The van der Waals surface area contributed by atoms with Crippen LogP contribution in [0.1, 0.15) is 24.2 Å². The highest BCUT2D eigenvalue weighted by atomic mass is 32.2. The lowest BCUT2D eigenvalue weighted by atomic mass is 10.1. The van der Waals surface area contributed by atoms with Gasteiger partial charge in [0, 0.05) is 56.1 Å². The fourth-order valence-electron chi connectivity index (χ4n) is 4.68. The van der Waals surface area contributed by atoms with E-state index in [2.05, 4.69) is 56.1 Å². The summed E-state index contributed by atoms with van der Waals surface area (Å²) >= 11 is 1.66. The number of anilines is 1. The standard InChI is InChI=1S/C30H33N5O2S/c1-37-27-16-14-25(15-17-27)33-18-20-34(21-19-33)29(36)13-8-22-38-30-32-31-28(23-24-9-4-2-5-10-24)35(30)26-11-6-3-7-12-26/h2-7,9-12,14-17H,8,13,18-23H2,1H3. The Hall–Kier alpha value is -3.78. The molecule has 5 rings (SSSR count). The van der Waals surface area contributed by atoms with Crippen LogP contribution in [-0.2, 0) is 11.2 Å². The van der Waals surface area contributed by atoms with Crippen LogP contribution in [0.3, 0.4) is 0 Å². The Bertz CT molecular complexity index is 1300. The number of nitrogens with zero attached hydrogens (tertiary/aromatic N) is 5. The number of thioether (sulfide) groups is 1. The molecule has 0 bridgehead atoms. The van der Waals surface area contributed by atoms with Gasteiger partial charge in [0.05, 0.1) is 7.11 Å². The van der Waals surface area contributed by atoms with E-state index in [0.29, 0.717) is 12.8 Å². The summed E-state index contributed by atoms with van der Waals surface area (Å²) in [5, 5.41) is 9.90. The molecule has 1 saturated heterocycles. The van der Waals surface area contributed by atoms with Crippen molar-refractivity contribution in [1.82, 2.24) is 19.7 Å². The third-order valence-corrected chi connectivity index (χ3v) is 7.77. The highest BCUT2D eigenvalue weighted by Crippen LogP contribution is 2.25. The number of hydrogen-bond donors (Lipinski definition) is 0. The number of benzene rings is 3. The van der Waals surface area contributed by atoms with E-state index in [4.69, 9.17) is 4.74 Å². The second-order valence-electron chi connectivity index (χ2n) is 9.25. The summed E-state index contributed by atoms with van der Waals surface area (Å²) in [5.74, 6) is 2.81. The Balaban J connectivity index is 1.13. The lowest BCUT2D eigenvalue weighted by molar-refractivity contribution is -0.131. The number of carbonyl (C=O) groups is 1. The van der Waals surface area contributed by atoms with Crippen molar-refractivity contribution in [2.75, 3.05) is 43.9 Å². The van der Waals surface area contributed by atoms with Crippen LogP contribution in [0, 0.1) is 0 Å². The number of para-hydroxylation sites is 1. The number of piperazine rings is 1. The van der Waals surface area contributed by atoms with Crippen molar-refractivity contribution in [2.24, 2.45) is 0 Å². The molecule has 196 valence electrons. The lowest BCUT2D eigenvalue weighted by Crippen LogP contribution is -2.48. The Morgan fingerprint density at radius 1 is 0.842 bits per heavy atom. The highest BCUT2D eigenvalue weighted by Gasteiger charge is 2.21. The summed E-state index contributed by atoms with van der Waals surface area (Å²) in [6.07, 6.45) is 2.06. The Morgan fingerprint density at radius 3 is 2.21 bits per heavy atom. The first-order chi connectivity index (χ1) is 18.7. The van der Waals surface area contributed by atoms with Crippen LogP contribution < -0.4 is 9.64 Å². The van der Waals surface area contributed by atoms with Crippen LogP contribution in [0.15, 0.2) is 90.1 Å². The van der Waals surface area contributed by atoms with Gasteiger partial charge in [0.1, 0.15) is 11.6 Å². The number of methoxy groups -OCH3 is 1. The molecular weight excluding hydrogens is 494 g/mol. The Labute approximate surface area is 228 Å².